The molecule has 0 aromatic heterocycles. The number of hydrogen-bond acceptors (Lipinski definition) is 0. The summed E-state index contributed by atoms with van der Waals surface area (Å²) in [7, 11) is 14.7. The number of fused-ring (bicyclic) bond motifs is 4. The van der Waals surface area contributed by atoms with Crippen LogP contribution in [0.5, 0.6) is 0 Å². The molecule has 0 fully saturated rings. The van der Waals surface area contributed by atoms with Crippen LogP contribution in [-0.2, 0) is 35.6 Å². The summed E-state index contributed by atoms with van der Waals surface area (Å²) >= 11 is -4.59. The molecule has 1 unspecified atom stereocenters. The molecule has 49 heavy (non-hydrogen) atoms. The van der Waals surface area contributed by atoms with Crippen LogP contribution in [0.4, 0.5) is 26.3 Å². The van der Waals surface area contributed by atoms with Crippen molar-refractivity contribution >= 4 is 51.8 Å². The Bertz CT molecular complexity index is 2110. The summed E-state index contributed by atoms with van der Waals surface area (Å²) in [6, 6.07) is 29.6. The van der Waals surface area contributed by atoms with Crippen molar-refractivity contribution in [1.82, 2.24) is 0 Å². The molecule has 0 bridgehead atoms. The third-order valence-corrected chi connectivity index (χ3v) is 23.8. The van der Waals surface area contributed by atoms with E-state index in [-0.39, 0.29) is 11.6 Å². The van der Waals surface area contributed by atoms with Crippen LogP contribution in [0.3, 0.4) is 0 Å². The average Bonchev–Trinajstić information content (AvgIpc) is 3.63. The monoisotopic (exact) mass is 800 g/mol. The van der Waals surface area contributed by atoms with E-state index < -0.39 is 59.9 Å². The van der Waals surface area contributed by atoms with Gasteiger partial charge in [0.05, 0.1) is 0 Å². The van der Waals surface area contributed by atoms with E-state index >= 15 is 0 Å². The normalized spacial score (nSPS) is 16.4. The van der Waals surface area contributed by atoms with Gasteiger partial charge in [-0.3, -0.25) is 0 Å². The predicted molar refractivity (Wildman–Crippen MR) is 189 cm³/mol. The Hall–Kier alpha value is -2.90. The second-order valence-electron chi connectivity index (χ2n) is 13.7. The zero-order valence-electron chi connectivity index (χ0n) is 26.7. The van der Waals surface area contributed by atoms with Crippen molar-refractivity contribution in [3.8, 4) is 22.3 Å². The van der Waals surface area contributed by atoms with Crippen LogP contribution < -0.4 is 13.6 Å². The van der Waals surface area contributed by atoms with E-state index in [0.29, 0.717) is 16.7 Å². The molecule has 1 heterocycles. The van der Waals surface area contributed by atoms with E-state index in [1.165, 1.54) is 15.9 Å². The molecule has 2 aliphatic rings. The Morgan fingerprint density at radius 3 is 1.90 bits per heavy atom. The summed E-state index contributed by atoms with van der Waals surface area (Å²) in [6.07, 6.45) is -8.08. The van der Waals surface area contributed by atoms with E-state index in [1.807, 2.05) is 93.6 Å². The first kappa shape index (κ1) is 34.5. The van der Waals surface area contributed by atoms with E-state index in [0.717, 1.165) is 37.7 Å². The summed E-state index contributed by atoms with van der Waals surface area (Å²) in [5.41, 5.74) is 2.73. The summed E-state index contributed by atoms with van der Waals surface area (Å²) in [6.45, 7) is 5.69. The number of benzene rings is 5. The second kappa shape index (κ2) is 12.1. The number of allylic oxidation sites excluding steroid dienone is 1. The van der Waals surface area contributed by atoms with Crippen LogP contribution in [0.1, 0.15) is 57.8 Å². The molecule has 0 spiro atoms. The van der Waals surface area contributed by atoms with Crippen LogP contribution in [0, 0.1) is 0 Å². The maximum atomic E-state index is 14.2. The van der Waals surface area contributed by atoms with E-state index in [9.17, 15) is 26.3 Å². The topological polar surface area (TPSA) is 0 Å². The maximum absolute atomic E-state index is 14.2. The summed E-state index contributed by atoms with van der Waals surface area (Å²) < 4.78 is 85.4. The van der Waals surface area contributed by atoms with Crippen LogP contribution in [0.15, 0.2) is 103 Å². The Kier molecular flexibility index (Phi) is 8.54. The van der Waals surface area contributed by atoms with Crippen molar-refractivity contribution in [2.75, 3.05) is 0 Å². The molecule has 0 radical (unpaired) electrons. The van der Waals surface area contributed by atoms with Crippen molar-refractivity contribution < 1.29 is 44.2 Å². The Balaban J connectivity index is 1.52. The van der Waals surface area contributed by atoms with Gasteiger partial charge in [-0.1, -0.05) is 0 Å². The van der Waals surface area contributed by atoms with Gasteiger partial charge in [0.15, 0.2) is 0 Å². The molecule has 1 atom stereocenters. The number of halogens is 8. The van der Waals surface area contributed by atoms with Gasteiger partial charge in [0, 0.05) is 0 Å². The minimum absolute atomic E-state index is 0.151. The molecular formula is C39H30Cl2F6SiZr. The third kappa shape index (κ3) is 6.11. The Morgan fingerprint density at radius 2 is 1.27 bits per heavy atom. The molecule has 5 aromatic rings. The zero-order chi connectivity index (χ0) is 35.1. The first-order chi connectivity index (χ1) is 23.0. The minimum atomic E-state index is -4.99. The zero-order valence-corrected chi connectivity index (χ0v) is 32.1. The van der Waals surface area contributed by atoms with Crippen molar-refractivity contribution in [2.24, 2.45) is 0 Å². The Labute approximate surface area is 295 Å². The van der Waals surface area contributed by atoms with E-state index in [2.05, 4.69) is 18.2 Å². The molecule has 0 saturated carbocycles. The summed E-state index contributed by atoms with van der Waals surface area (Å²) in [5, 5.41) is 2.53. The standard InChI is InChI=1S/C27H21F6.C12H9Si.2ClH.Zr/c1-25(2,3)23-10-9-17-11-18(16-7-5-4-6-8-16)14-22(17)24(23)19-12-20(26(28,29)30)15-21(13-19)27(31,32)33;1-3-7-11-9(5-1)10-6-2-4-8-12(10)13-11;;;/h4-15H,1-3H3;1-7H,13H2;2*1H;/q;;;;+2/p-2. The fourth-order valence-electron chi connectivity index (χ4n) is 7.38. The van der Waals surface area contributed by atoms with Crippen LogP contribution in [-0.4, -0.2) is 9.52 Å². The van der Waals surface area contributed by atoms with Crippen molar-refractivity contribution in [2.45, 2.75) is 42.2 Å². The average molecular weight is 803 g/mol. The Morgan fingerprint density at radius 1 is 0.653 bits per heavy atom. The molecule has 10 heteroatoms. The fraction of sp³-hybridized carbons (Fsp3) is 0.179. The first-order valence-electron chi connectivity index (χ1n) is 15.8. The van der Waals surface area contributed by atoms with Gasteiger partial charge >= 0.3 is 297 Å². The summed E-state index contributed by atoms with van der Waals surface area (Å²) in [4.78, 5) is 0. The molecule has 0 saturated heterocycles. The molecule has 5 aromatic carbocycles. The molecule has 0 nitrogen and oxygen atoms in total. The molecule has 250 valence electrons. The fourth-order valence-corrected chi connectivity index (χ4v) is 23.8. The molecular weight excluding hydrogens is 773 g/mol. The second-order valence-corrected chi connectivity index (χ2v) is 29.5. The van der Waals surface area contributed by atoms with Crippen molar-refractivity contribution in [1.29, 1.82) is 0 Å². The third-order valence-electron chi connectivity index (χ3n) is 9.57. The van der Waals surface area contributed by atoms with Gasteiger partial charge in [0.25, 0.3) is 0 Å². The first-order valence-corrected chi connectivity index (χ1v) is 26.2. The number of rotatable bonds is 4. The van der Waals surface area contributed by atoms with E-state index in [1.54, 1.807) is 0 Å². The number of alkyl halides is 6. The van der Waals surface area contributed by atoms with Crippen molar-refractivity contribution in [3.63, 3.8) is 0 Å². The van der Waals surface area contributed by atoms with Gasteiger partial charge in [0.2, 0.25) is 0 Å². The van der Waals surface area contributed by atoms with Gasteiger partial charge < -0.3 is 0 Å². The molecule has 7 rings (SSSR count). The molecule has 0 N–H and O–H groups in total. The van der Waals surface area contributed by atoms with Gasteiger partial charge in [-0.2, -0.15) is 0 Å². The van der Waals surface area contributed by atoms with Crippen LogP contribution in [0.25, 0.3) is 33.9 Å². The van der Waals surface area contributed by atoms with Crippen molar-refractivity contribution in [3.05, 3.63) is 137 Å². The molecule has 1 aliphatic carbocycles. The molecule has 1 aliphatic heterocycles. The SMILES string of the molecule is CC(C)(C)c1ccc2c(c1-c1cc(C(F)(F)F)cc(C(F)(F)F)c1)C=C(c1ccccc1)[CH]2[Zr]([Cl])([Cl])[c]1cccc2c1[SiH2]c1ccccc1-2. The molecule has 0 amide bonds. The van der Waals surface area contributed by atoms with Crippen LogP contribution >= 0.6 is 17.0 Å². The summed E-state index contributed by atoms with van der Waals surface area (Å²) in [5.74, 6) is 0. The quantitative estimate of drug-likeness (QED) is 0.123. The van der Waals surface area contributed by atoms with Gasteiger partial charge in [0.1, 0.15) is 0 Å². The number of hydrogen-bond donors (Lipinski definition) is 0. The van der Waals surface area contributed by atoms with Gasteiger partial charge in [-0.05, 0) is 0 Å². The predicted octanol–water partition coefficient (Wildman–Crippen LogP) is 10.2. The van der Waals surface area contributed by atoms with Crippen LogP contribution in [0.2, 0.25) is 0 Å². The van der Waals surface area contributed by atoms with Gasteiger partial charge in [-0.25, -0.2) is 0 Å². The van der Waals surface area contributed by atoms with Gasteiger partial charge in [-0.15, -0.1) is 0 Å². The van der Waals surface area contributed by atoms with E-state index in [4.69, 9.17) is 17.0 Å².